The number of rotatable bonds is 5. The summed E-state index contributed by atoms with van der Waals surface area (Å²) < 4.78 is 11.8. The van der Waals surface area contributed by atoms with E-state index < -0.39 is 11.5 Å². The minimum atomic E-state index is -0.460. The van der Waals surface area contributed by atoms with Crippen molar-refractivity contribution < 1.29 is 14.3 Å². The highest BCUT2D eigenvalue weighted by atomic mass is 16.5. The van der Waals surface area contributed by atoms with Crippen molar-refractivity contribution in [3.63, 3.8) is 0 Å². The molecule has 2 heterocycles. The molecule has 0 aliphatic rings. The maximum atomic E-state index is 13.2. The molecule has 8 nitrogen and oxygen atoms in total. The summed E-state index contributed by atoms with van der Waals surface area (Å²) in [5, 5.41) is 0.386. The number of hydrogen-bond donors (Lipinski definition) is 1. The first-order chi connectivity index (χ1) is 14.6. The Balaban J connectivity index is 1.91. The van der Waals surface area contributed by atoms with Gasteiger partial charge in [-0.2, -0.15) is 4.68 Å². The van der Waals surface area contributed by atoms with Crippen LogP contribution >= 0.6 is 0 Å². The molecule has 150 valence electrons. The van der Waals surface area contributed by atoms with E-state index in [-0.39, 0.29) is 5.82 Å². The number of aromatic nitrogens is 3. The number of carbonyl (C=O) groups excluding carboxylic acids is 1. The predicted octanol–water partition coefficient (Wildman–Crippen LogP) is 2.86. The normalized spacial score (nSPS) is 10.6. The molecule has 0 fully saturated rings. The van der Waals surface area contributed by atoms with E-state index in [0.29, 0.717) is 33.5 Å². The fourth-order valence-electron chi connectivity index (χ4n) is 3.07. The molecule has 0 atom stereocenters. The first-order valence-electron chi connectivity index (χ1n) is 9.08. The number of para-hydroxylation sites is 1. The lowest BCUT2D eigenvalue weighted by Gasteiger charge is -2.16. The van der Waals surface area contributed by atoms with Crippen LogP contribution in [0.5, 0.6) is 11.5 Å². The maximum Gasteiger partial charge on any atom is 0.280 e. The summed E-state index contributed by atoms with van der Waals surface area (Å²) >= 11 is 0. The Hall–Kier alpha value is -4.20. The minimum Gasteiger partial charge on any atom is -0.493 e. The summed E-state index contributed by atoms with van der Waals surface area (Å²) in [5.41, 5.74) is 3.71. The highest BCUT2D eigenvalue weighted by Gasteiger charge is 2.17. The summed E-state index contributed by atoms with van der Waals surface area (Å²) in [6, 6.07) is 15.2. The highest BCUT2D eigenvalue weighted by molar-refractivity contribution is 6.00. The van der Waals surface area contributed by atoms with E-state index in [1.165, 1.54) is 26.6 Å². The number of nitrogens with one attached hydrogen (secondary N) is 1. The zero-order valence-electron chi connectivity index (χ0n) is 16.3. The van der Waals surface area contributed by atoms with E-state index in [1.54, 1.807) is 54.6 Å². The van der Waals surface area contributed by atoms with Crippen LogP contribution in [0, 0.1) is 0 Å². The Morgan fingerprint density at radius 1 is 0.967 bits per heavy atom. The van der Waals surface area contributed by atoms with Gasteiger partial charge in [-0.15, -0.1) is 0 Å². The Kier molecular flexibility index (Phi) is 5.13. The van der Waals surface area contributed by atoms with Crippen LogP contribution in [-0.4, -0.2) is 34.8 Å². The van der Waals surface area contributed by atoms with E-state index >= 15 is 0 Å². The van der Waals surface area contributed by atoms with Gasteiger partial charge in [-0.25, -0.2) is 4.98 Å². The number of pyridine rings is 1. The molecular weight excluding hydrogens is 384 g/mol. The molecular formula is C22H18N4O4. The number of carbonyl (C=O) groups is 1. The van der Waals surface area contributed by atoms with E-state index in [9.17, 15) is 9.59 Å². The van der Waals surface area contributed by atoms with Crippen molar-refractivity contribution in [3.8, 4) is 22.9 Å². The van der Waals surface area contributed by atoms with Crippen LogP contribution in [0.3, 0.4) is 0 Å². The van der Waals surface area contributed by atoms with Crippen molar-refractivity contribution in [1.82, 2.24) is 14.6 Å². The second kappa shape index (κ2) is 8.04. The van der Waals surface area contributed by atoms with Crippen LogP contribution in [0.4, 0.5) is 0 Å². The Morgan fingerprint density at radius 3 is 2.43 bits per heavy atom. The van der Waals surface area contributed by atoms with Crippen molar-refractivity contribution in [2.24, 2.45) is 0 Å². The summed E-state index contributed by atoms with van der Waals surface area (Å²) in [7, 11) is 3.06. The number of ether oxygens (including phenoxy) is 2. The monoisotopic (exact) mass is 402 g/mol. The van der Waals surface area contributed by atoms with Gasteiger partial charge in [0, 0.05) is 23.5 Å². The number of amides is 1. The molecule has 1 N–H and O–H groups in total. The summed E-state index contributed by atoms with van der Waals surface area (Å²) in [6.45, 7) is 0. The zero-order chi connectivity index (χ0) is 21.1. The van der Waals surface area contributed by atoms with Crippen LogP contribution < -0.4 is 20.5 Å². The molecule has 4 rings (SSSR count). The highest BCUT2D eigenvalue weighted by Crippen LogP contribution is 2.31. The predicted molar refractivity (Wildman–Crippen MR) is 112 cm³/mol. The average Bonchev–Trinajstić information content (AvgIpc) is 2.80. The average molecular weight is 402 g/mol. The van der Waals surface area contributed by atoms with E-state index in [4.69, 9.17) is 9.47 Å². The van der Waals surface area contributed by atoms with Crippen LogP contribution in [0.1, 0.15) is 10.4 Å². The molecule has 0 unspecified atom stereocenters. The molecule has 0 bridgehead atoms. The lowest BCUT2D eigenvalue weighted by molar-refractivity contribution is 0.101. The van der Waals surface area contributed by atoms with Gasteiger partial charge in [0.2, 0.25) is 0 Å². The Labute approximate surface area is 171 Å². The summed E-state index contributed by atoms with van der Waals surface area (Å²) in [5.74, 6) is 0.821. The van der Waals surface area contributed by atoms with Crippen molar-refractivity contribution in [2.75, 3.05) is 19.6 Å². The van der Waals surface area contributed by atoms with Gasteiger partial charge in [0.1, 0.15) is 0 Å². The topological polar surface area (TPSA) is 95.3 Å². The molecule has 2 aromatic heterocycles. The third kappa shape index (κ3) is 3.46. The quantitative estimate of drug-likeness (QED) is 0.552. The second-order valence-corrected chi connectivity index (χ2v) is 6.34. The third-order valence-electron chi connectivity index (χ3n) is 4.57. The molecule has 30 heavy (non-hydrogen) atoms. The van der Waals surface area contributed by atoms with Crippen molar-refractivity contribution >= 4 is 16.8 Å². The fourth-order valence-corrected chi connectivity index (χ4v) is 3.07. The smallest absolute Gasteiger partial charge is 0.280 e. The first-order valence-corrected chi connectivity index (χ1v) is 9.08. The van der Waals surface area contributed by atoms with Gasteiger partial charge in [0.25, 0.3) is 11.5 Å². The van der Waals surface area contributed by atoms with Crippen LogP contribution in [0.2, 0.25) is 0 Å². The van der Waals surface area contributed by atoms with Gasteiger partial charge in [-0.05, 0) is 42.5 Å². The van der Waals surface area contributed by atoms with Gasteiger partial charge < -0.3 is 9.47 Å². The van der Waals surface area contributed by atoms with Gasteiger partial charge in [-0.1, -0.05) is 12.1 Å². The number of nitrogens with zero attached hydrogens (tertiary/aromatic N) is 3. The van der Waals surface area contributed by atoms with E-state index in [2.05, 4.69) is 15.4 Å². The van der Waals surface area contributed by atoms with E-state index in [1.807, 2.05) is 0 Å². The van der Waals surface area contributed by atoms with Crippen LogP contribution in [0.15, 0.2) is 71.8 Å². The third-order valence-corrected chi connectivity index (χ3v) is 4.57. The molecule has 0 radical (unpaired) electrons. The van der Waals surface area contributed by atoms with Crippen molar-refractivity contribution in [1.29, 1.82) is 0 Å². The van der Waals surface area contributed by atoms with Gasteiger partial charge in [0.05, 0.1) is 25.1 Å². The fraction of sp³-hybridized carbons (Fsp3) is 0.0909. The molecule has 0 aliphatic carbocycles. The first kappa shape index (κ1) is 19.1. The molecule has 8 heteroatoms. The Morgan fingerprint density at radius 2 is 1.70 bits per heavy atom. The molecule has 0 saturated heterocycles. The minimum absolute atomic E-state index is 0.266. The molecule has 0 saturated carbocycles. The molecule has 0 spiro atoms. The SMILES string of the molecule is COc1ccc(-c2nc3ccccc3c(=O)n2NC(=O)c2ccncc2)cc1OC. The van der Waals surface area contributed by atoms with Crippen LogP contribution in [-0.2, 0) is 0 Å². The standard InChI is InChI=1S/C22H18N4O4/c1-29-18-8-7-15(13-19(18)30-2)20-24-17-6-4-3-5-16(17)22(28)26(20)25-21(27)14-9-11-23-12-10-14/h3-13H,1-2H3,(H,25,27). The lowest BCUT2D eigenvalue weighted by Crippen LogP contribution is -2.35. The molecule has 0 aliphatic heterocycles. The number of hydrogen-bond acceptors (Lipinski definition) is 6. The second-order valence-electron chi connectivity index (χ2n) is 6.34. The summed E-state index contributed by atoms with van der Waals surface area (Å²) in [6.07, 6.45) is 3.01. The number of methoxy groups -OCH3 is 2. The van der Waals surface area contributed by atoms with E-state index in [0.717, 1.165) is 4.68 Å². The molecule has 1 amide bonds. The summed E-state index contributed by atoms with van der Waals surface area (Å²) in [4.78, 5) is 34.5. The van der Waals surface area contributed by atoms with Gasteiger partial charge >= 0.3 is 0 Å². The van der Waals surface area contributed by atoms with Gasteiger partial charge in [0.15, 0.2) is 17.3 Å². The number of benzene rings is 2. The maximum absolute atomic E-state index is 13.2. The zero-order valence-corrected chi connectivity index (χ0v) is 16.3. The van der Waals surface area contributed by atoms with Crippen molar-refractivity contribution in [2.45, 2.75) is 0 Å². The largest absolute Gasteiger partial charge is 0.493 e. The van der Waals surface area contributed by atoms with Gasteiger partial charge in [-0.3, -0.25) is 20.0 Å². The van der Waals surface area contributed by atoms with Crippen molar-refractivity contribution in [3.05, 3.63) is 82.9 Å². The van der Waals surface area contributed by atoms with Crippen LogP contribution in [0.25, 0.3) is 22.3 Å². The molecule has 4 aromatic rings. The lowest BCUT2D eigenvalue weighted by atomic mass is 10.1. The molecule has 2 aromatic carbocycles. The Bertz CT molecular complexity index is 1290. The number of fused-ring (bicyclic) bond motifs is 1.